The average molecular weight is 326 g/mol. The van der Waals surface area contributed by atoms with Crippen LogP contribution in [0, 0.1) is 23.2 Å². The summed E-state index contributed by atoms with van der Waals surface area (Å²) in [6.45, 7) is 1.61. The smallest absolute Gasteiger partial charge is 0.226 e. The summed E-state index contributed by atoms with van der Waals surface area (Å²) in [4.78, 5) is 15.2. The van der Waals surface area contributed by atoms with Crippen molar-refractivity contribution in [2.24, 2.45) is 23.2 Å². The van der Waals surface area contributed by atoms with Crippen molar-refractivity contribution in [1.82, 2.24) is 10.2 Å². The lowest BCUT2D eigenvalue weighted by Gasteiger charge is -2.55. The molecule has 130 valence electrons. The zero-order valence-electron chi connectivity index (χ0n) is 15.1. The molecule has 4 fully saturated rings. The summed E-state index contributed by atoms with van der Waals surface area (Å²) in [7, 11) is 4.17. The Morgan fingerprint density at radius 1 is 1.08 bits per heavy atom. The normalized spacial score (nSPS) is 33.9. The van der Waals surface area contributed by atoms with Gasteiger partial charge in [-0.1, -0.05) is 24.3 Å². The third-order valence-electron chi connectivity index (χ3n) is 6.46. The number of benzene rings is 1. The summed E-state index contributed by atoms with van der Waals surface area (Å²) < 4.78 is 0. The molecular weight excluding hydrogens is 296 g/mol. The fourth-order valence-corrected chi connectivity index (χ4v) is 5.96. The highest BCUT2D eigenvalue weighted by molar-refractivity contribution is 5.83. The van der Waals surface area contributed by atoms with Gasteiger partial charge in [-0.05, 0) is 81.5 Å². The Morgan fingerprint density at radius 3 is 2.25 bits per heavy atom. The minimum atomic E-state index is -0.0317. The number of carbonyl (C=O) groups is 1. The summed E-state index contributed by atoms with van der Waals surface area (Å²) >= 11 is 0. The van der Waals surface area contributed by atoms with Crippen molar-refractivity contribution in [3.63, 3.8) is 0 Å². The average Bonchev–Trinajstić information content (AvgIpc) is 2.51. The first-order chi connectivity index (χ1) is 11.5. The Balaban J connectivity index is 1.40. The predicted octanol–water partition coefficient (Wildman–Crippen LogP) is 3.58. The molecule has 0 heterocycles. The van der Waals surface area contributed by atoms with Crippen molar-refractivity contribution in [3.05, 3.63) is 35.4 Å². The first-order valence-electron chi connectivity index (χ1n) is 9.53. The van der Waals surface area contributed by atoms with Crippen LogP contribution in [0.15, 0.2) is 24.3 Å². The van der Waals surface area contributed by atoms with Crippen molar-refractivity contribution in [2.75, 3.05) is 14.1 Å². The Hall–Kier alpha value is -1.35. The van der Waals surface area contributed by atoms with Gasteiger partial charge in [-0.25, -0.2) is 0 Å². The number of hydrogen-bond donors (Lipinski definition) is 1. The third kappa shape index (κ3) is 3.11. The molecule has 4 aliphatic carbocycles. The van der Waals surface area contributed by atoms with Crippen LogP contribution in [-0.2, 0) is 17.9 Å². The summed E-state index contributed by atoms with van der Waals surface area (Å²) in [6.07, 6.45) is 7.60. The molecule has 0 aliphatic heterocycles. The molecule has 4 bridgehead atoms. The monoisotopic (exact) mass is 326 g/mol. The van der Waals surface area contributed by atoms with E-state index in [0.29, 0.717) is 12.5 Å². The highest BCUT2D eigenvalue weighted by atomic mass is 16.2. The molecule has 0 saturated heterocycles. The number of carbonyl (C=O) groups excluding carboxylic acids is 1. The van der Waals surface area contributed by atoms with Crippen LogP contribution in [0.5, 0.6) is 0 Å². The van der Waals surface area contributed by atoms with E-state index in [4.69, 9.17) is 0 Å². The fourth-order valence-electron chi connectivity index (χ4n) is 5.96. The second kappa shape index (κ2) is 6.18. The zero-order chi connectivity index (χ0) is 16.7. The van der Waals surface area contributed by atoms with E-state index < -0.39 is 0 Å². The molecule has 3 nitrogen and oxygen atoms in total. The van der Waals surface area contributed by atoms with Gasteiger partial charge in [0.1, 0.15) is 0 Å². The van der Waals surface area contributed by atoms with E-state index in [1.165, 1.54) is 30.4 Å². The topological polar surface area (TPSA) is 32.3 Å². The Bertz CT molecular complexity index is 587. The van der Waals surface area contributed by atoms with Gasteiger partial charge in [-0.3, -0.25) is 4.79 Å². The van der Waals surface area contributed by atoms with Gasteiger partial charge in [0.05, 0.1) is 0 Å². The van der Waals surface area contributed by atoms with Crippen LogP contribution in [0.4, 0.5) is 0 Å². The SMILES string of the molecule is CN(C)Cc1cccc(CNC(=O)C23CC4CC(CC(C4)C2)C3)c1. The summed E-state index contributed by atoms with van der Waals surface area (Å²) in [6, 6.07) is 8.61. The standard InChI is InChI=1S/C21H30N2O/c1-23(2)14-16-5-3-4-15(6-16)13-22-20(24)21-10-17-7-18(11-21)9-19(8-17)12-21/h3-6,17-19H,7-14H2,1-2H3,(H,22,24). The van der Waals surface area contributed by atoms with Gasteiger partial charge < -0.3 is 10.2 Å². The van der Waals surface area contributed by atoms with E-state index in [1.54, 1.807) is 0 Å². The molecule has 0 radical (unpaired) electrons. The molecular formula is C21H30N2O. The van der Waals surface area contributed by atoms with E-state index in [1.807, 2.05) is 0 Å². The van der Waals surface area contributed by atoms with Gasteiger partial charge in [0.25, 0.3) is 0 Å². The number of hydrogen-bond acceptors (Lipinski definition) is 2. The number of nitrogens with zero attached hydrogens (tertiary/aromatic N) is 1. The molecule has 0 spiro atoms. The third-order valence-corrected chi connectivity index (χ3v) is 6.46. The highest BCUT2D eigenvalue weighted by Gasteiger charge is 2.54. The van der Waals surface area contributed by atoms with Crippen LogP contribution in [-0.4, -0.2) is 24.9 Å². The van der Waals surface area contributed by atoms with E-state index in [0.717, 1.165) is 43.6 Å². The Labute approximate surface area is 145 Å². The van der Waals surface area contributed by atoms with E-state index in [-0.39, 0.29) is 5.41 Å². The quantitative estimate of drug-likeness (QED) is 0.897. The minimum Gasteiger partial charge on any atom is -0.352 e. The minimum absolute atomic E-state index is 0.0317. The Morgan fingerprint density at radius 2 is 1.67 bits per heavy atom. The zero-order valence-corrected chi connectivity index (χ0v) is 15.1. The maximum absolute atomic E-state index is 13.0. The van der Waals surface area contributed by atoms with Crippen LogP contribution in [0.25, 0.3) is 0 Å². The number of amides is 1. The summed E-state index contributed by atoms with van der Waals surface area (Å²) in [5.74, 6) is 2.81. The van der Waals surface area contributed by atoms with Gasteiger partial charge in [0.15, 0.2) is 0 Å². The van der Waals surface area contributed by atoms with Crippen molar-refractivity contribution in [1.29, 1.82) is 0 Å². The van der Waals surface area contributed by atoms with Crippen LogP contribution >= 0.6 is 0 Å². The van der Waals surface area contributed by atoms with Crippen molar-refractivity contribution < 1.29 is 4.79 Å². The number of nitrogens with one attached hydrogen (secondary N) is 1. The number of rotatable bonds is 5. The molecule has 5 rings (SSSR count). The summed E-state index contributed by atoms with van der Waals surface area (Å²) in [5, 5.41) is 3.28. The second-order valence-corrected chi connectivity index (χ2v) is 8.94. The van der Waals surface area contributed by atoms with Gasteiger partial charge in [-0.2, -0.15) is 0 Å². The second-order valence-electron chi connectivity index (χ2n) is 8.94. The lowest BCUT2D eigenvalue weighted by atomic mass is 9.49. The molecule has 0 unspecified atom stereocenters. The largest absolute Gasteiger partial charge is 0.352 e. The van der Waals surface area contributed by atoms with Crippen LogP contribution in [0.3, 0.4) is 0 Å². The predicted molar refractivity (Wildman–Crippen MR) is 96.3 cm³/mol. The molecule has 1 N–H and O–H groups in total. The molecule has 1 aromatic carbocycles. The van der Waals surface area contributed by atoms with Gasteiger partial charge >= 0.3 is 0 Å². The van der Waals surface area contributed by atoms with E-state index in [2.05, 4.69) is 48.6 Å². The molecule has 0 aromatic heterocycles. The van der Waals surface area contributed by atoms with Crippen molar-refractivity contribution in [2.45, 2.75) is 51.6 Å². The molecule has 0 atom stereocenters. The summed E-state index contributed by atoms with van der Waals surface area (Å²) in [5.41, 5.74) is 2.49. The maximum atomic E-state index is 13.0. The van der Waals surface area contributed by atoms with Crippen LogP contribution < -0.4 is 5.32 Å². The van der Waals surface area contributed by atoms with Gasteiger partial charge in [0.2, 0.25) is 5.91 Å². The molecule has 3 heteroatoms. The molecule has 1 aromatic rings. The van der Waals surface area contributed by atoms with Gasteiger partial charge in [-0.15, -0.1) is 0 Å². The molecule has 1 amide bonds. The van der Waals surface area contributed by atoms with E-state index in [9.17, 15) is 4.79 Å². The first-order valence-corrected chi connectivity index (χ1v) is 9.53. The molecule has 4 aliphatic rings. The van der Waals surface area contributed by atoms with Gasteiger partial charge in [0, 0.05) is 18.5 Å². The maximum Gasteiger partial charge on any atom is 0.226 e. The lowest BCUT2D eigenvalue weighted by Crippen LogP contribution is -2.53. The van der Waals surface area contributed by atoms with Crippen molar-refractivity contribution >= 4 is 5.91 Å². The van der Waals surface area contributed by atoms with Crippen molar-refractivity contribution in [3.8, 4) is 0 Å². The Kier molecular flexibility index (Phi) is 4.16. The lowest BCUT2D eigenvalue weighted by molar-refractivity contribution is -0.146. The molecule has 24 heavy (non-hydrogen) atoms. The van der Waals surface area contributed by atoms with Crippen LogP contribution in [0.1, 0.15) is 49.7 Å². The van der Waals surface area contributed by atoms with Crippen LogP contribution in [0.2, 0.25) is 0 Å². The molecule has 4 saturated carbocycles. The van der Waals surface area contributed by atoms with E-state index >= 15 is 0 Å². The first kappa shape index (κ1) is 16.1. The highest BCUT2D eigenvalue weighted by Crippen LogP contribution is 2.60. The fraction of sp³-hybridized carbons (Fsp3) is 0.667.